The summed E-state index contributed by atoms with van der Waals surface area (Å²) in [5.74, 6) is 2.75. The van der Waals surface area contributed by atoms with Crippen LogP contribution in [0.2, 0.25) is 0 Å². The van der Waals surface area contributed by atoms with Crippen LogP contribution >= 0.6 is 0 Å². The SMILES string of the molecule is CCC1(C(C)C)CCC(C)C1C. The normalized spacial score (nSPS) is 42.5. The van der Waals surface area contributed by atoms with Gasteiger partial charge in [-0.3, -0.25) is 0 Å². The van der Waals surface area contributed by atoms with E-state index in [1.54, 1.807) is 0 Å². The van der Waals surface area contributed by atoms with Gasteiger partial charge in [0.05, 0.1) is 0 Å². The third kappa shape index (κ3) is 1.30. The lowest BCUT2D eigenvalue weighted by molar-refractivity contribution is 0.112. The van der Waals surface area contributed by atoms with Crippen LogP contribution in [0, 0.1) is 23.2 Å². The summed E-state index contributed by atoms with van der Waals surface area (Å²) >= 11 is 0. The van der Waals surface area contributed by atoms with Crippen LogP contribution in [-0.2, 0) is 0 Å². The fourth-order valence-corrected chi connectivity index (χ4v) is 3.26. The highest BCUT2D eigenvalue weighted by Crippen LogP contribution is 2.53. The van der Waals surface area contributed by atoms with Crippen LogP contribution in [0.3, 0.4) is 0 Å². The topological polar surface area (TPSA) is 0 Å². The Kier molecular flexibility index (Phi) is 2.85. The fraction of sp³-hybridized carbons (Fsp3) is 1.00. The molecule has 0 radical (unpaired) electrons. The largest absolute Gasteiger partial charge is 0.0648 e. The highest BCUT2D eigenvalue weighted by Gasteiger charge is 2.44. The summed E-state index contributed by atoms with van der Waals surface area (Å²) in [4.78, 5) is 0. The molecule has 1 saturated carbocycles. The van der Waals surface area contributed by atoms with Crippen LogP contribution in [0.1, 0.15) is 53.9 Å². The second kappa shape index (κ2) is 3.40. The van der Waals surface area contributed by atoms with E-state index >= 15 is 0 Å². The van der Waals surface area contributed by atoms with Gasteiger partial charge in [-0.15, -0.1) is 0 Å². The zero-order valence-electron chi connectivity index (χ0n) is 9.35. The van der Waals surface area contributed by atoms with E-state index in [0.717, 1.165) is 17.8 Å². The summed E-state index contributed by atoms with van der Waals surface area (Å²) in [5.41, 5.74) is 0.666. The van der Waals surface area contributed by atoms with Gasteiger partial charge in [0.1, 0.15) is 0 Å². The molecule has 0 N–H and O–H groups in total. The summed E-state index contributed by atoms with van der Waals surface area (Å²) in [6.45, 7) is 12.1. The zero-order valence-corrected chi connectivity index (χ0v) is 9.35. The Morgan fingerprint density at radius 1 is 1.33 bits per heavy atom. The first-order valence-electron chi connectivity index (χ1n) is 5.54. The van der Waals surface area contributed by atoms with E-state index in [2.05, 4.69) is 34.6 Å². The molecule has 0 amide bonds. The van der Waals surface area contributed by atoms with Crippen molar-refractivity contribution in [3.05, 3.63) is 0 Å². The third-order valence-corrected chi connectivity index (χ3v) is 4.63. The fourth-order valence-electron chi connectivity index (χ4n) is 3.26. The van der Waals surface area contributed by atoms with Crippen LogP contribution in [0.15, 0.2) is 0 Å². The van der Waals surface area contributed by atoms with Crippen LogP contribution in [0.4, 0.5) is 0 Å². The first-order valence-corrected chi connectivity index (χ1v) is 5.54. The van der Waals surface area contributed by atoms with E-state index in [1.165, 1.54) is 19.3 Å². The quantitative estimate of drug-likeness (QED) is 0.582. The number of hydrogen-bond acceptors (Lipinski definition) is 0. The Hall–Kier alpha value is 0. The second-order valence-corrected chi connectivity index (χ2v) is 5.05. The summed E-state index contributed by atoms with van der Waals surface area (Å²) in [7, 11) is 0. The number of hydrogen-bond donors (Lipinski definition) is 0. The van der Waals surface area contributed by atoms with Crippen molar-refractivity contribution in [3.8, 4) is 0 Å². The van der Waals surface area contributed by atoms with Gasteiger partial charge in [0.25, 0.3) is 0 Å². The van der Waals surface area contributed by atoms with Gasteiger partial charge in [0.15, 0.2) is 0 Å². The predicted octanol–water partition coefficient (Wildman–Crippen LogP) is 4.10. The van der Waals surface area contributed by atoms with Crippen molar-refractivity contribution in [1.29, 1.82) is 0 Å². The highest BCUT2D eigenvalue weighted by molar-refractivity contribution is 4.93. The van der Waals surface area contributed by atoms with Crippen molar-refractivity contribution in [2.45, 2.75) is 53.9 Å². The first-order chi connectivity index (χ1) is 5.54. The minimum absolute atomic E-state index is 0.666. The van der Waals surface area contributed by atoms with E-state index in [-0.39, 0.29) is 0 Å². The van der Waals surface area contributed by atoms with Crippen LogP contribution in [0.25, 0.3) is 0 Å². The smallest absolute Gasteiger partial charge is 0.0249 e. The van der Waals surface area contributed by atoms with Gasteiger partial charge in [-0.05, 0) is 42.4 Å². The molecule has 0 nitrogen and oxygen atoms in total. The average molecular weight is 168 g/mol. The molecule has 0 saturated heterocycles. The molecular formula is C12H24. The molecule has 3 atom stereocenters. The Labute approximate surface area is 77.7 Å². The van der Waals surface area contributed by atoms with Gasteiger partial charge in [0.2, 0.25) is 0 Å². The second-order valence-electron chi connectivity index (χ2n) is 5.05. The van der Waals surface area contributed by atoms with Crippen LogP contribution in [0.5, 0.6) is 0 Å². The maximum absolute atomic E-state index is 2.46. The molecule has 0 aliphatic heterocycles. The van der Waals surface area contributed by atoms with E-state index in [9.17, 15) is 0 Å². The maximum atomic E-state index is 2.46. The Morgan fingerprint density at radius 2 is 1.92 bits per heavy atom. The lowest BCUT2D eigenvalue weighted by atomic mass is 9.67. The lowest BCUT2D eigenvalue weighted by Gasteiger charge is -2.38. The molecule has 0 aromatic heterocycles. The molecule has 12 heavy (non-hydrogen) atoms. The highest BCUT2D eigenvalue weighted by atomic mass is 14.5. The van der Waals surface area contributed by atoms with Gasteiger partial charge in [-0.2, -0.15) is 0 Å². The molecular weight excluding hydrogens is 144 g/mol. The van der Waals surface area contributed by atoms with Crippen LogP contribution in [-0.4, -0.2) is 0 Å². The zero-order chi connectivity index (χ0) is 9.35. The van der Waals surface area contributed by atoms with Crippen molar-refractivity contribution < 1.29 is 0 Å². The molecule has 1 rings (SSSR count). The van der Waals surface area contributed by atoms with Crippen molar-refractivity contribution in [1.82, 2.24) is 0 Å². The lowest BCUT2D eigenvalue weighted by Crippen LogP contribution is -2.30. The summed E-state index contributed by atoms with van der Waals surface area (Å²) < 4.78 is 0. The average Bonchev–Trinajstić information content (AvgIpc) is 2.31. The summed E-state index contributed by atoms with van der Waals surface area (Å²) in [5, 5.41) is 0. The molecule has 0 heterocycles. The number of rotatable bonds is 2. The minimum atomic E-state index is 0.666. The van der Waals surface area contributed by atoms with Crippen molar-refractivity contribution in [2.24, 2.45) is 23.2 Å². The van der Waals surface area contributed by atoms with E-state index in [0.29, 0.717) is 5.41 Å². The monoisotopic (exact) mass is 168 g/mol. The van der Waals surface area contributed by atoms with Gasteiger partial charge in [-0.1, -0.05) is 34.6 Å². The van der Waals surface area contributed by atoms with Crippen molar-refractivity contribution in [3.63, 3.8) is 0 Å². The Morgan fingerprint density at radius 3 is 2.08 bits per heavy atom. The summed E-state index contributed by atoms with van der Waals surface area (Å²) in [6, 6.07) is 0. The Bertz CT molecular complexity index is 148. The molecule has 3 unspecified atom stereocenters. The molecule has 1 fully saturated rings. The molecule has 72 valence electrons. The third-order valence-electron chi connectivity index (χ3n) is 4.63. The van der Waals surface area contributed by atoms with E-state index < -0.39 is 0 Å². The molecule has 0 heteroatoms. The predicted molar refractivity (Wildman–Crippen MR) is 55.1 cm³/mol. The molecule has 1 aliphatic rings. The van der Waals surface area contributed by atoms with Crippen LogP contribution < -0.4 is 0 Å². The minimum Gasteiger partial charge on any atom is -0.0648 e. The standard InChI is InChI=1S/C12H24/c1-6-12(9(2)3)8-7-10(4)11(12)5/h9-11H,6-8H2,1-5H3. The molecule has 0 aromatic carbocycles. The summed E-state index contributed by atoms with van der Waals surface area (Å²) in [6.07, 6.45) is 4.28. The van der Waals surface area contributed by atoms with Gasteiger partial charge < -0.3 is 0 Å². The van der Waals surface area contributed by atoms with Gasteiger partial charge in [-0.25, -0.2) is 0 Å². The molecule has 0 bridgehead atoms. The molecule has 0 aromatic rings. The Balaban J connectivity index is 2.80. The van der Waals surface area contributed by atoms with E-state index in [4.69, 9.17) is 0 Å². The van der Waals surface area contributed by atoms with Gasteiger partial charge >= 0.3 is 0 Å². The van der Waals surface area contributed by atoms with Crippen molar-refractivity contribution >= 4 is 0 Å². The van der Waals surface area contributed by atoms with Gasteiger partial charge in [0, 0.05) is 0 Å². The maximum Gasteiger partial charge on any atom is -0.0249 e. The van der Waals surface area contributed by atoms with Crippen molar-refractivity contribution in [2.75, 3.05) is 0 Å². The first kappa shape index (κ1) is 10.1. The molecule has 0 spiro atoms. The molecule has 1 aliphatic carbocycles. The van der Waals surface area contributed by atoms with E-state index in [1.807, 2.05) is 0 Å².